The second-order valence-corrected chi connectivity index (χ2v) is 26.0. The first-order valence-corrected chi connectivity index (χ1v) is 32.8. The Hall–Kier alpha value is -9.21. The minimum atomic E-state index is -4.52. The smallest absolute Gasteiger partial charge is 0.443 e. The molecule has 0 atom stereocenters. The van der Waals surface area contributed by atoms with Crippen molar-refractivity contribution in [2.24, 2.45) is 5.73 Å². The second-order valence-electron chi connectivity index (χ2n) is 18.5. The van der Waals surface area contributed by atoms with Crippen LogP contribution in [0.1, 0.15) is 94.9 Å². The minimum Gasteiger partial charge on any atom is -0.465 e. The number of carbonyl (C=O) groups is 5. The number of methoxy groups -OCH3 is 2. The first-order chi connectivity index (χ1) is 48.5. The van der Waals surface area contributed by atoms with Gasteiger partial charge in [-0.3, -0.25) is 20.0 Å². The van der Waals surface area contributed by atoms with Gasteiger partial charge in [0.15, 0.2) is 46.3 Å². The number of H-pyrrole nitrogens is 1. The summed E-state index contributed by atoms with van der Waals surface area (Å²) in [6.07, 6.45) is -10.4. The van der Waals surface area contributed by atoms with Crippen LogP contribution in [0.3, 0.4) is 0 Å². The number of alkyl halides is 15. The molecule has 1 aromatic carbocycles. The van der Waals surface area contributed by atoms with Crippen LogP contribution in [0.25, 0.3) is 20.0 Å². The lowest BCUT2D eigenvalue weighted by Gasteiger charge is -1.99. The quantitative estimate of drug-likeness (QED) is 0.0320. The number of rotatable bonds is 10. The number of ether oxygens (including phenoxy) is 3. The number of fused-ring (bicyclic) bond motifs is 1. The number of hydrogen-bond donors (Lipinski definition) is 6. The van der Waals surface area contributed by atoms with Crippen LogP contribution in [-0.2, 0) is 58.2 Å². The molecular weight excluding hydrogens is 1670 g/mol. The van der Waals surface area contributed by atoms with Gasteiger partial charge in [-0.15, -0.1) is 16.4 Å². The van der Waals surface area contributed by atoms with Crippen LogP contribution in [0.5, 0.6) is 0 Å². The number of aliphatic hydroxyl groups is 1. The van der Waals surface area contributed by atoms with Crippen molar-refractivity contribution in [3.8, 4) is 20.0 Å². The van der Waals surface area contributed by atoms with Crippen molar-refractivity contribution in [1.82, 2.24) is 79.6 Å². The highest BCUT2D eigenvalue weighted by atomic mass is 79.9. The van der Waals surface area contributed by atoms with Gasteiger partial charge < -0.3 is 36.5 Å². The molecule has 12 rings (SSSR count). The van der Waals surface area contributed by atoms with Crippen LogP contribution < -0.4 is 22.5 Å². The van der Waals surface area contributed by atoms with Crippen molar-refractivity contribution < 1.29 is 109 Å². The number of amides is 2. The predicted molar refractivity (Wildman–Crippen MR) is 345 cm³/mol. The van der Waals surface area contributed by atoms with E-state index in [1.54, 1.807) is 31.2 Å². The number of esters is 3. The maximum atomic E-state index is 12.4. The lowest BCUT2D eigenvalue weighted by Crippen LogP contribution is -2.19. The number of aromatic nitrogens is 15. The molecule has 558 valence electrons. The van der Waals surface area contributed by atoms with Crippen LogP contribution in [0, 0.1) is 0 Å². The number of halogens is 19. The molecule has 10 aromatic heterocycles. The highest BCUT2D eigenvalue weighted by Gasteiger charge is 2.39. The standard InChI is InChI=1S/C10H9F3N4O2S.C9H5ClF3N3O2S.C8H6ClF3N4S.C8H5ClF3N3OS.C8H5NO2.C5H7N3O2.C4HBrF3NS/c1-2-19-8(18)5-4-17(16-7(5)14)6-3-15-9(20-6)10(11,12)13;1-18-7(17)4-3-16(15-6(4)10)5-2-14-8(19-5)9(11,12)13;9-6-4(1-13)3-16(15-6)5-2-14-7(17-5)8(10,11)12;9-6-4(3-16)2-15(14-6)5-1-13-7(17-5)8(10,11)12;10-7-5-3-1-2-4-6(5)8(11)9-7;1-10-5(9)3-2-7-8-4(3)6;5-2-1-9-3(10-2)4(6,7)8/h3-4H,2H2,1H3,(H2,14,16);2-3H,1H3;2-3H,1,13H2;1-2,16H,3H2;1-4H,(H,9,10,11);2H,1H3,(H3,6,7,8);1H. The molecule has 104 heavy (non-hydrogen) atoms. The molecule has 0 saturated carbocycles. The second kappa shape index (κ2) is 35.5. The summed E-state index contributed by atoms with van der Waals surface area (Å²) >= 11 is 22.3. The maximum Gasteiger partial charge on any atom is 0.443 e. The van der Waals surface area contributed by atoms with E-state index in [2.05, 4.69) is 86.2 Å². The van der Waals surface area contributed by atoms with Crippen LogP contribution >= 0.6 is 107 Å². The van der Waals surface area contributed by atoms with Gasteiger partial charge in [0, 0.05) is 42.5 Å². The Bertz CT molecular complexity index is 4640. The highest BCUT2D eigenvalue weighted by Crippen LogP contribution is 2.39. The van der Waals surface area contributed by atoms with E-state index in [9.17, 15) is 89.8 Å². The Kier molecular flexibility index (Phi) is 28.6. The van der Waals surface area contributed by atoms with Crippen molar-refractivity contribution in [3.63, 3.8) is 0 Å². The normalized spacial score (nSPS) is 11.9. The Morgan fingerprint density at radius 3 is 1.22 bits per heavy atom. The van der Waals surface area contributed by atoms with Crippen molar-refractivity contribution in [2.75, 3.05) is 32.3 Å². The summed E-state index contributed by atoms with van der Waals surface area (Å²) in [7, 11) is 2.44. The van der Waals surface area contributed by atoms with Gasteiger partial charge in [0.1, 0.15) is 42.5 Å². The summed E-state index contributed by atoms with van der Waals surface area (Å²) in [5.41, 5.74) is 18.3. The summed E-state index contributed by atoms with van der Waals surface area (Å²) in [6.45, 7) is 1.62. The Labute approximate surface area is 612 Å². The van der Waals surface area contributed by atoms with Gasteiger partial charge in [-0.2, -0.15) is 86.3 Å². The van der Waals surface area contributed by atoms with Crippen molar-refractivity contribution in [2.45, 2.75) is 51.0 Å². The van der Waals surface area contributed by atoms with Gasteiger partial charge in [0.05, 0.1) is 79.5 Å². The number of benzene rings is 1. The van der Waals surface area contributed by atoms with E-state index in [1.165, 1.54) is 42.8 Å². The Morgan fingerprint density at radius 1 is 0.529 bits per heavy atom. The van der Waals surface area contributed by atoms with Gasteiger partial charge in [-0.25, -0.2) is 58.0 Å². The molecule has 0 spiro atoms. The zero-order chi connectivity index (χ0) is 77.6. The summed E-state index contributed by atoms with van der Waals surface area (Å²) in [5.74, 6) is -2.38. The van der Waals surface area contributed by atoms with E-state index < -0.39 is 73.8 Å². The number of nitrogens with two attached hydrogens (primary N) is 3. The summed E-state index contributed by atoms with van der Waals surface area (Å²) in [4.78, 5) is 71.6. The van der Waals surface area contributed by atoms with Crippen molar-refractivity contribution in [3.05, 3.63) is 169 Å². The number of aliphatic hydroxyl groups excluding tert-OH is 1. The van der Waals surface area contributed by atoms with Crippen molar-refractivity contribution in [1.29, 1.82) is 0 Å². The lowest BCUT2D eigenvalue weighted by atomic mass is 10.1. The average molecular weight is 1700 g/mol. The molecular formula is C52H38BrCl3F15N19O9S5. The van der Waals surface area contributed by atoms with Gasteiger partial charge in [0.25, 0.3) is 11.8 Å². The Morgan fingerprint density at radius 2 is 0.894 bits per heavy atom. The fraction of sp³-hybridized carbons (Fsp3) is 0.212. The SMILES string of the molecule is CCOC(=O)c1cn(-c2cnc(C(F)(F)F)s2)nc1N.COC(=O)c1cn(-c2cnc(C(F)(F)F)s2)nc1Cl.COC(=O)c1cn[nH]c1N.FC(F)(F)c1ncc(Br)s1.NCc1cn(-c2cnc(C(F)(F)F)s2)nc1Cl.O=C1NC(=O)c2ccccc21.OCc1cn(-c2cnc(C(F)(F)F)s2)nc1Cl. The monoisotopic (exact) mass is 1700 g/mol. The number of thiazole rings is 5. The average Bonchev–Trinajstić information content (AvgIpc) is 1.70. The summed E-state index contributed by atoms with van der Waals surface area (Å²) < 4.78 is 202. The molecule has 0 unspecified atom stereocenters. The summed E-state index contributed by atoms with van der Waals surface area (Å²) in [6, 6.07) is 6.74. The Balaban J connectivity index is 0.000000193. The molecule has 0 saturated heterocycles. The molecule has 11 heterocycles. The number of nitrogens with zero attached hydrogens (tertiary/aromatic N) is 14. The molecule has 9 N–H and O–H groups in total. The topological polar surface area (TPSA) is 388 Å². The van der Waals surface area contributed by atoms with Crippen LogP contribution in [0.2, 0.25) is 15.5 Å². The third-order valence-corrected chi connectivity index (χ3v) is 18.0. The van der Waals surface area contributed by atoms with E-state index in [4.69, 9.17) is 61.8 Å². The van der Waals surface area contributed by atoms with E-state index in [0.29, 0.717) is 82.7 Å². The van der Waals surface area contributed by atoms with E-state index in [-0.39, 0.29) is 95.4 Å². The first-order valence-electron chi connectivity index (χ1n) is 26.8. The van der Waals surface area contributed by atoms with Gasteiger partial charge in [-0.05, 0) is 35.0 Å². The molecule has 1 aliphatic rings. The molecule has 1 aliphatic heterocycles. The first kappa shape index (κ1) is 83.7. The van der Waals surface area contributed by atoms with E-state index in [1.807, 2.05) is 0 Å². The number of imide groups is 1. The van der Waals surface area contributed by atoms with E-state index >= 15 is 0 Å². The van der Waals surface area contributed by atoms with Gasteiger partial charge in [0.2, 0.25) is 0 Å². The number of carbonyl (C=O) groups excluding carboxylic acids is 5. The van der Waals surface area contributed by atoms with Crippen LogP contribution in [0.15, 0.2) is 90.0 Å². The van der Waals surface area contributed by atoms with Gasteiger partial charge in [-0.1, -0.05) is 92.3 Å². The number of aromatic amines is 1. The molecule has 2 amide bonds. The zero-order valence-electron chi connectivity index (χ0n) is 51.1. The van der Waals surface area contributed by atoms with E-state index in [0.717, 1.165) is 52.1 Å². The molecule has 0 fully saturated rings. The summed E-state index contributed by atoms with van der Waals surface area (Å²) in [5, 5.41) is 28.1. The lowest BCUT2D eigenvalue weighted by molar-refractivity contribution is -0.138. The fourth-order valence-electron chi connectivity index (χ4n) is 6.91. The zero-order valence-corrected chi connectivity index (χ0v) is 59.1. The van der Waals surface area contributed by atoms with Crippen molar-refractivity contribution >= 4 is 149 Å². The van der Waals surface area contributed by atoms with Gasteiger partial charge >= 0.3 is 48.8 Å². The number of nitrogens with one attached hydrogen (secondary N) is 2. The molecule has 0 bridgehead atoms. The number of anilines is 2. The number of nitrogen functional groups attached to an aromatic ring is 2. The molecule has 0 aliphatic carbocycles. The molecule has 28 nitrogen and oxygen atoms in total. The predicted octanol–water partition coefficient (Wildman–Crippen LogP) is 13.1. The van der Waals surface area contributed by atoms with Crippen LogP contribution in [-0.4, -0.2) is 130 Å². The number of hydrogen-bond acceptors (Lipinski definition) is 27. The molecule has 11 aromatic rings. The fourth-order valence-corrected chi connectivity index (χ4v) is 11.4. The molecule has 52 heteroatoms. The third kappa shape index (κ3) is 22.6. The maximum absolute atomic E-state index is 12.4. The highest BCUT2D eigenvalue weighted by molar-refractivity contribution is 9.11. The van der Waals surface area contributed by atoms with Crippen LogP contribution in [0.4, 0.5) is 77.5 Å². The molecule has 0 radical (unpaired) electrons. The minimum absolute atomic E-state index is 0.00573. The largest absolute Gasteiger partial charge is 0.465 e. The third-order valence-electron chi connectivity index (χ3n) is 11.5.